The predicted molar refractivity (Wildman–Crippen MR) is 48.0 cm³/mol. The van der Waals surface area contributed by atoms with Gasteiger partial charge in [0.05, 0.1) is 0 Å². The minimum Gasteiger partial charge on any atom is -0.352 e. The van der Waals surface area contributed by atoms with E-state index in [-0.39, 0.29) is 20.4 Å². The Labute approximate surface area is 88.4 Å². The maximum Gasteiger partial charge on any atom is 0 e. The smallest absolute Gasteiger partial charge is 0 e. The second kappa shape index (κ2) is 13.1. The molecule has 0 N–H and O–H groups in total. The molecule has 0 aromatic heterocycles. The van der Waals surface area contributed by atoms with Crippen LogP contribution in [0.1, 0.15) is 25.7 Å². The molecule has 0 spiro atoms. The van der Waals surface area contributed by atoms with E-state index in [2.05, 4.69) is 42.3 Å². The zero-order valence-corrected chi connectivity index (χ0v) is 8.85. The van der Waals surface area contributed by atoms with Gasteiger partial charge in [0.2, 0.25) is 0 Å². The Hall–Kier alpha value is 0.432. The van der Waals surface area contributed by atoms with Gasteiger partial charge in [-0.25, -0.2) is 0 Å². The van der Waals surface area contributed by atoms with Crippen molar-refractivity contribution in [3.8, 4) is 0 Å². The Morgan fingerprint density at radius 3 is 1.09 bits per heavy atom. The summed E-state index contributed by atoms with van der Waals surface area (Å²) in [7, 11) is 0. The summed E-state index contributed by atoms with van der Waals surface area (Å²) in [6, 6.07) is 0. The van der Waals surface area contributed by atoms with Gasteiger partial charge in [0.25, 0.3) is 0 Å². The fraction of sp³-hybridized carbons (Fsp3) is 0.444. The molecule has 1 rings (SSSR count). The molecule has 0 aliphatic heterocycles. The Morgan fingerprint density at radius 2 is 0.909 bits per heavy atom. The topological polar surface area (TPSA) is 0 Å². The summed E-state index contributed by atoms with van der Waals surface area (Å²) in [4.78, 5) is 0. The molecule has 0 saturated heterocycles. The Kier molecular flexibility index (Phi) is 16.6. The first-order valence-electron chi connectivity index (χ1n) is 3.57. The molecule has 1 aliphatic carbocycles. The first kappa shape index (κ1) is 14.0. The normalized spacial score (nSPS) is 18.0. The zero-order chi connectivity index (χ0) is 7.66. The second-order valence-electron chi connectivity index (χ2n) is 2.10. The van der Waals surface area contributed by atoms with Crippen molar-refractivity contribution < 1.29 is 20.4 Å². The van der Waals surface area contributed by atoms with Crippen LogP contribution in [0.25, 0.3) is 0 Å². The molecule has 0 saturated carbocycles. The Morgan fingerprint density at radius 1 is 0.727 bits per heavy atom. The third kappa shape index (κ3) is 10.4. The number of halogens is 1. The standard InChI is InChI=1S/C8H12.CH2Cl.Pd/c1-2-4-6-8-7-5-3-1;1-2;/h1-2,7-8H,3-6H2;1H2;/q;-1;/b2-1-,8-7?;;. The van der Waals surface area contributed by atoms with E-state index in [1.54, 1.807) is 0 Å². The van der Waals surface area contributed by atoms with Crippen LogP contribution in [0.15, 0.2) is 24.3 Å². The molecule has 0 heterocycles. The van der Waals surface area contributed by atoms with E-state index in [1.807, 2.05) is 0 Å². The van der Waals surface area contributed by atoms with Crippen LogP contribution in [0.3, 0.4) is 0 Å². The van der Waals surface area contributed by atoms with Crippen LogP contribution in [0.4, 0.5) is 0 Å². The van der Waals surface area contributed by atoms with E-state index < -0.39 is 0 Å². The first-order chi connectivity index (χ1) is 5.00. The predicted octanol–water partition coefficient (Wildman–Crippen LogP) is 3.69. The van der Waals surface area contributed by atoms with Gasteiger partial charge in [0, 0.05) is 20.4 Å². The van der Waals surface area contributed by atoms with Gasteiger partial charge in [-0.15, -0.1) is 0 Å². The molecule has 0 nitrogen and oxygen atoms in total. The molecule has 0 atom stereocenters. The summed E-state index contributed by atoms with van der Waals surface area (Å²) >= 11 is 4.39. The van der Waals surface area contributed by atoms with E-state index in [9.17, 15) is 0 Å². The molecule has 0 aromatic carbocycles. The number of hydrogen-bond donors (Lipinski definition) is 0. The van der Waals surface area contributed by atoms with Crippen LogP contribution in [-0.4, -0.2) is 0 Å². The maximum absolute atomic E-state index is 4.39. The summed E-state index contributed by atoms with van der Waals surface area (Å²) < 4.78 is 0. The van der Waals surface area contributed by atoms with Crippen LogP contribution in [-0.2, 0) is 20.4 Å². The van der Waals surface area contributed by atoms with Gasteiger partial charge < -0.3 is 11.6 Å². The van der Waals surface area contributed by atoms with Crippen molar-refractivity contribution in [1.29, 1.82) is 0 Å². The van der Waals surface area contributed by atoms with Crippen LogP contribution in [0.2, 0.25) is 0 Å². The fourth-order valence-corrected chi connectivity index (χ4v) is 0.856. The zero-order valence-electron chi connectivity index (χ0n) is 6.54. The molecule has 0 unspecified atom stereocenters. The third-order valence-corrected chi connectivity index (χ3v) is 1.33. The number of hydrogen-bond acceptors (Lipinski definition) is 0. The molecule has 1 aliphatic rings. The van der Waals surface area contributed by atoms with E-state index in [1.165, 1.54) is 25.7 Å². The summed E-state index contributed by atoms with van der Waals surface area (Å²) in [5, 5.41) is 0. The van der Waals surface area contributed by atoms with Gasteiger partial charge in [0.1, 0.15) is 0 Å². The van der Waals surface area contributed by atoms with Crippen LogP contribution in [0, 0.1) is 6.38 Å². The van der Waals surface area contributed by atoms with E-state index in [0.29, 0.717) is 0 Å². The molecular weight excluding hydrogens is 250 g/mol. The number of allylic oxidation sites excluding steroid dienone is 4. The molecule has 0 amide bonds. The largest absolute Gasteiger partial charge is 0.352 e. The third-order valence-electron chi connectivity index (χ3n) is 1.33. The Bertz CT molecular complexity index is 82.1. The van der Waals surface area contributed by atoms with Crippen LogP contribution in [0.5, 0.6) is 0 Å². The van der Waals surface area contributed by atoms with Crippen molar-refractivity contribution in [2.75, 3.05) is 0 Å². The average Bonchev–Trinajstić information content (AvgIpc) is 1.90. The second-order valence-corrected chi connectivity index (χ2v) is 2.10. The molecule has 11 heavy (non-hydrogen) atoms. The minimum absolute atomic E-state index is 0. The fourth-order valence-electron chi connectivity index (χ4n) is 0.856. The maximum atomic E-state index is 4.39. The summed E-state index contributed by atoms with van der Waals surface area (Å²) in [6.45, 7) is 0. The summed E-state index contributed by atoms with van der Waals surface area (Å²) in [5.41, 5.74) is 0. The van der Waals surface area contributed by atoms with Gasteiger partial charge >= 0.3 is 0 Å². The van der Waals surface area contributed by atoms with E-state index >= 15 is 0 Å². The molecule has 2 heteroatoms. The van der Waals surface area contributed by atoms with E-state index in [4.69, 9.17) is 0 Å². The molecule has 0 fully saturated rings. The molecule has 0 bridgehead atoms. The molecule has 0 radical (unpaired) electrons. The van der Waals surface area contributed by atoms with E-state index in [0.717, 1.165) is 0 Å². The van der Waals surface area contributed by atoms with Crippen molar-refractivity contribution in [1.82, 2.24) is 0 Å². The summed E-state index contributed by atoms with van der Waals surface area (Å²) in [5.74, 6) is 0. The van der Waals surface area contributed by atoms with Gasteiger partial charge in [-0.2, -0.15) is 0 Å². The van der Waals surface area contributed by atoms with Gasteiger partial charge in [-0.05, 0) is 25.7 Å². The average molecular weight is 264 g/mol. The molecule has 0 aromatic rings. The quantitative estimate of drug-likeness (QED) is 0.355. The summed E-state index contributed by atoms with van der Waals surface area (Å²) in [6.07, 6.45) is 16.7. The Balaban J connectivity index is 0. The van der Waals surface area contributed by atoms with Crippen molar-refractivity contribution in [2.45, 2.75) is 25.7 Å². The monoisotopic (exact) mass is 263 g/mol. The van der Waals surface area contributed by atoms with Crippen molar-refractivity contribution in [3.63, 3.8) is 0 Å². The molecule has 68 valence electrons. The first-order valence-corrected chi connectivity index (χ1v) is 4.10. The van der Waals surface area contributed by atoms with Crippen LogP contribution < -0.4 is 0 Å². The van der Waals surface area contributed by atoms with Gasteiger partial charge in [-0.1, -0.05) is 24.3 Å². The minimum atomic E-state index is 0. The van der Waals surface area contributed by atoms with Crippen molar-refractivity contribution in [3.05, 3.63) is 30.7 Å². The van der Waals surface area contributed by atoms with Gasteiger partial charge in [0.15, 0.2) is 0 Å². The van der Waals surface area contributed by atoms with Crippen molar-refractivity contribution in [2.24, 2.45) is 0 Å². The van der Waals surface area contributed by atoms with Crippen LogP contribution >= 0.6 is 11.6 Å². The number of rotatable bonds is 0. The van der Waals surface area contributed by atoms with Crippen molar-refractivity contribution >= 4 is 11.6 Å². The SMILES string of the molecule is C1=CCC/C=C\CC1.[CH2-]Cl.[Pd]. The molecular formula is C9H14ClPd-. The van der Waals surface area contributed by atoms with Gasteiger partial charge in [-0.3, -0.25) is 6.38 Å².